The molecular formula is C12H14N4S. The van der Waals surface area contributed by atoms with Crippen LogP contribution in [0.2, 0.25) is 0 Å². The number of nitrogens with two attached hydrogens (primary N) is 1. The summed E-state index contributed by atoms with van der Waals surface area (Å²) in [6.45, 7) is 2.96. The van der Waals surface area contributed by atoms with Crippen molar-refractivity contribution in [3.05, 3.63) is 39.8 Å². The van der Waals surface area contributed by atoms with Crippen LogP contribution in [0.25, 0.3) is 0 Å². The van der Waals surface area contributed by atoms with Gasteiger partial charge in [0, 0.05) is 30.7 Å². The minimum Gasteiger partial charge on any atom is -0.368 e. The Morgan fingerprint density at radius 3 is 3.24 bits per heavy atom. The van der Waals surface area contributed by atoms with Crippen molar-refractivity contribution >= 4 is 17.3 Å². The van der Waals surface area contributed by atoms with Crippen molar-refractivity contribution in [2.24, 2.45) is 0 Å². The lowest BCUT2D eigenvalue weighted by molar-refractivity contribution is 0.244. The zero-order valence-corrected chi connectivity index (χ0v) is 10.3. The number of thiophene rings is 1. The quantitative estimate of drug-likeness (QED) is 0.876. The first-order valence-electron chi connectivity index (χ1n) is 5.66. The van der Waals surface area contributed by atoms with E-state index < -0.39 is 0 Å². The SMILES string of the molecule is Nc1nccc(CN2CCc3sccc3C2)n1. The molecule has 0 radical (unpaired) electrons. The van der Waals surface area contributed by atoms with Crippen LogP contribution in [-0.2, 0) is 19.5 Å². The number of hydrogen-bond donors (Lipinski definition) is 1. The van der Waals surface area contributed by atoms with Crippen LogP contribution in [0.5, 0.6) is 0 Å². The molecule has 2 aromatic rings. The predicted octanol–water partition coefficient (Wildman–Crippen LogP) is 1.68. The number of rotatable bonds is 2. The molecule has 17 heavy (non-hydrogen) atoms. The van der Waals surface area contributed by atoms with Crippen LogP contribution >= 0.6 is 11.3 Å². The minimum atomic E-state index is 0.357. The summed E-state index contributed by atoms with van der Waals surface area (Å²) in [5.74, 6) is 0.357. The van der Waals surface area contributed by atoms with E-state index in [-0.39, 0.29) is 0 Å². The van der Waals surface area contributed by atoms with Crippen molar-refractivity contribution < 1.29 is 0 Å². The molecule has 0 fully saturated rings. The molecule has 0 saturated carbocycles. The van der Waals surface area contributed by atoms with Gasteiger partial charge in [-0.25, -0.2) is 9.97 Å². The highest BCUT2D eigenvalue weighted by Crippen LogP contribution is 2.24. The molecule has 3 rings (SSSR count). The topological polar surface area (TPSA) is 55.0 Å². The maximum Gasteiger partial charge on any atom is 0.220 e. The summed E-state index contributed by atoms with van der Waals surface area (Å²) in [6.07, 6.45) is 2.87. The Bertz CT molecular complexity index is 523. The lowest BCUT2D eigenvalue weighted by Crippen LogP contribution is -2.29. The van der Waals surface area contributed by atoms with E-state index in [0.29, 0.717) is 5.95 Å². The van der Waals surface area contributed by atoms with Gasteiger partial charge in [-0.15, -0.1) is 11.3 Å². The number of aromatic nitrogens is 2. The summed E-state index contributed by atoms with van der Waals surface area (Å²) in [4.78, 5) is 12.1. The highest BCUT2D eigenvalue weighted by Gasteiger charge is 2.17. The van der Waals surface area contributed by atoms with E-state index >= 15 is 0 Å². The van der Waals surface area contributed by atoms with E-state index in [1.54, 1.807) is 6.20 Å². The molecule has 0 aromatic carbocycles. The Morgan fingerprint density at radius 2 is 2.35 bits per heavy atom. The number of fused-ring (bicyclic) bond motifs is 1. The molecule has 0 spiro atoms. The Labute approximate surface area is 104 Å². The van der Waals surface area contributed by atoms with E-state index in [9.17, 15) is 0 Å². The molecular weight excluding hydrogens is 232 g/mol. The molecule has 88 valence electrons. The molecule has 1 aliphatic rings. The summed E-state index contributed by atoms with van der Waals surface area (Å²) in [5, 5.41) is 2.18. The first-order chi connectivity index (χ1) is 8.31. The van der Waals surface area contributed by atoms with Gasteiger partial charge in [0.05, 0.1) is 5.69 Å². The van der Waals surface area contributed by atoms with Gasteiger partial charge in [0.15, 0.2) is 0 Å². The minimum absolute atomic E-state index is 0.357. The van der Waals surface area contributed by atoms with Gasteiger partial charge < -0.3 is 5.73 Å². The summed E-state index contributed by atoms with van der Waals surface area (Å²) < 4.78 is 0. The smallest absolute Gasteiger partial charge is 0.220 e. The average molecular weight is 246 g/mol. The molecule has 4 nitrogen and oxygen atoms in total. The van der Waals surface area contributed by atoms with Gasteiger partial charge in [0.2, 0.25) is 5.95 Å². The fourth-order valence-corrected chi connectivity index (χ4v) is 3.06. The van der Waals surface area contributed by atoms with Crippen LogP contribution in [-0.4, -0.2) is 21.4 Å². The molecule has 0 atom stereocenters. The summed E-state index contributed by atoms with van der Waals surface area (Å²) in [5.41, 5.74) is 8.04. The third kappa shape index (κ3) is 2.30. The first-order valence-corrected chi connectivity index (χ1v) is 6.54. The maximum absolute atomic E-state index is 5.58. The summed E-state index contributed by atoms with van der Waals surface area (Å²) in [6, 6.07) is 4.15. The molecule has 5 heteroatoms. The molecule has 0 amide bonds. The normalized spacial score (nSPS) is 15.8. The van der Waals surface area contributed by atoms with Crippen molar-refractivity contribution in [1.82, 2.24) is 14.9 Å². The highest BCUT2D eigenvalue weighted by molar-refractivity contribution is 7.10. The fraction of sp³-hybridized carbons (Fsp3) is 0.333. The van der Waals surface area contributed by atoms with Crippen molar-refractivity contribution in [2.75, 3.05) is 12.3 Å². The summed E-state index contributed by atoms with van der Waals surface area (Å²) >= 11 is 1.86. The highest BCUT2D eigenvalue weighted by atomic mass is 32.1. The number of anilines is 1. The molecule has 0 saturated heterocycles. The van der Waals surface area contributed by atoms with Crippen molar-refractivity contribution in [1.29, 1.82) is 0 Å². The predicted molar refractivity (Wildman–Crippen MR) is 68.6 cm³/mol. The lowest BCUT2D eigenvalue weighted by Gasteiger charge is -2.26. The van der Waals surface area contributed by atoms with Crippen molar-refractivity contribution in [3.63, 3.8) is 0 Å². The van der Waals surface area contributed by atoms with E-state index in [2.05, 4.69) is 26.3 Å². The fourth-order valence-electron chi connectivity index (χ4n) is 2.17. The Hall–Kier alpha value is -1.46. The van der Waals surface area contributed by atoms with Crippen LogP contribution in [0.15, 0.2) is 23.7 Å². The monoisotopic (exact) mass is 246 g/mol. The average Bonchev–Trinajstić information content (AvgIpc) is 2.76. The zero-order valence-electron chi connectivity index (χ0n) is 9.47. The molecule has 2 aromatic heterocycles. The molecule has 1 aliphatic heterocycles. The van der Waals surface area contributed by atoms with Gasteiger partial charge in [-0.2, -0.15) is 0 Å². The van der Waals surface area contributed by atoms with Gasteiger partial charge in [-0.3, -0.25) is 4.90 Å². The number of hydrogen-bond acceptors (Lipinski definition) is 5. The lowest BCUT2D eigenvalue weighted by atomic mass is 10.1. The molecule has 0 unspecified atom stereocenters. The van der Waals surface area contributed by atoms with E-state index in [1.165, 1.54) is 10.4 Å². The Morgan fingerprint density at radius 1 is 1.41 bits per heavy atom. The molecule has 0 aliphatic carbocycles. The van der Waals surface area contributed by atoms with Crippen LogP contribution in [0.4, 0.5) is 5.95 Å². The van der Waals surface area contributed by atoms with E-state index in [4.69, 9.17) is 5.73 Å². The van der Waals surface area contributed by atoms with E-state index in [0.717, 1.165) is 31.7 Å². The standard InChI is InChI=1S/C12H14N4S/c13-12-14-4-1-10(15-12)8-16-5-2-11-9(7-16)3-6-17-11/h1,3-4,6H,2,5,7-8H2,(H2,13,14,15). The maximum atomic E-state index is 5.58. The Kier molecular flexibility index (Phi) is 2.78. The third-order valence-electron chi connectivity index (χ3n) is 3.00. The first kappa shape index (κ1) is 10.7. The largest absolute Gasteiger partial charge is 0.368 e. The van der Waals surface area contributed by atoms with Gasteiger partial charge >= 0.3 is 0 Å². The van der Waals surface area contributed by atoms with Crippen LogP contribution in [0.1, 0.15) is 16.1 Å². The summed E-state index contributed by atoms with van der Waals surface area (Å²) in [7, 11) is 0. The van der Waals surface area contributed by atoms with Crippen molar-refractivity contribution in [2.45, 2.75) is 19.5 Å². The second-order valence-electron chi connectivity index (χ2n) is 4.24. The van der Waals surface area contributed by atoms with Gasteiger partial charge in [0.25, 0.3) is 0 Å². The van der Waals surface area contributed by atoms with Gasteiger partial charge in [0.1, 0.15) is 0 Å². The molecule has 2 N–H and O–H groups in total. The van der Waals surface area contributed by atoms with Gasteiger partial charge in [-0.1, -0.05) is 0 Å². The second kappa shape index (κ2) is 4.43. The zero-order chi connectivity index (χ0) is 11.7. The van der Waals surface area contributed by atoms with Gasteiger partial charge in [-0.05, 0) is 29.5 Å². The second-order valence-corrected chi connectivity index (χ2v) is 5.24. The number of nitrogen functional groups attached to an aromatic ring is 1. The molecule has 3 heterocycles. The van der Waals surface area contributed by atoms with E-state index in [1.807, 2.05) is 17.4 Å². The van der Waals surface area contributed by atoms with Crippen LogP contribution in [0.3, 0.4) is 0 Å². The molecule has 0 bridgehead atoms. The van der Waals surface area contributed by atoms with Crippen LogP contribution in [0, 0.1) is 0 Å². The Balaban J connectivity index is 1.72. The van der Waals surface area contributed by atoms with Crippen molar-refractivity contribution in [3.8, 4) is 0 Å². The van der Waals surface area contributed by atoms with Crippen LogP contribution < -0.4 is 5.73 Å². The number of nitrogens with zero attached hydrogens (tertiary/aromatic N) is 3. The third-order valence-corrected chi connectivity index (χ3v) is 4.03.